The maximum Gasteiger partial charge on any atom is 0.225 e. The predicted octanol–water partition coefficient (Wildman–Crippen LogP) is 1.31. The molecule has 2 fully saturated rings. The number of nitrogens with zero attached hydrogens (tertiary/aromatic N) is 3. The maximum atomic E-state index is 14.8. The zero-order valence-corrected chi connectivity index (χ0v) is 13.5. The molecule has 2 aliphatic rings. The van der Waals surface area contributed by atoms with Crippen molar-refractivity contribution in [2.45, 2.75) is 31.9 Å². The summed E-state index contributed by atoms with van der Waals surface area (Å²) in [4.78, 5) is 18.3. The van der Waals surface area contributed by atoms with Crippen molar-refractivity contribution < 1.29 is 13.9 Å². The summed E-state index contributed by atoms with van der Waals surface area (Å²) in [7, 11) is 0. The molecule has 1 amide bonds. The minimum Gasteiger partial charge on any atom is -0.381 e. The van der Waals surface area contributed by atoms with E-state index in [0.29, 0.717) is 39.1 Å². The number of carbonyl (C=O) groups is 1. The van der Waals surface area contributed by atoms with Crippen molar-refractivity contribution >= 4 is 22.6 Å². The summed E-state index contributed by atoms with van der Waals surface area (Å²) in [6.07, 6.45) is 1.52. The maximum absolute atomic E-state index is 14.8. The zero-order chi connectivity index (χ0) is 15.6. The van der Waals surface area contributed by atoms with Gasteiger partial charge in [0.15, 0.2) is 0 Å². The van der Waals surface area contributed by atoms with Gasteiger partial charge in [-0.05, 0) is 13.3 Å². The van der Waals surface area contributed by atoms with Crippen molar-refractivity contribution in [3.63, 3.8) is 0 Å². The van der Waals surface area contributed by atoms with E-state index >= 15 is 0 Å². The lowest BCUT2D eigenvalue weighted by molar-refractivity contribution is -0.125. The molecule has 0 aromatic carbocycles. The number of carbonyl (C=O) groups excluding carboxylic acids is 1. The summed E-state index contributed by atoms with van der Waals surface area (Å²) in [6.45, 7) is 4.22. The van der Waals surface area contributed by atoms with E-state index in [2.05, 4.69) is 19.6 Å². The number of hydrogen-bond acceptors (Lipinski definition) is 6. The molecule has 1 aromatic rings. The monoisotopic (exact) mass is 328 g/mol. The fraction of sp³-hybridized carbons (Fsp3) is 0.786. The summed E-state index contributed by atoms with van der Waals surface area (Å²) in [5.74, 6) is 0.549. The number of rotatable bonds is 4. The number of anilines is 1. The van der Waals surface area contributed by atoms with Crippen LogP contribution < -0.4 is 10.2 Å². The van der Waals surface area contributed by atoms with Crippen LogP contribution in [0.4, 0.5) is 9.52 Å². The Bertz CT molecular complexity index is 525. The van der Waals surface area contributed by atoms with Gasteiger partial charge in [-0.1, -0.05) is 0 Å². The van der Waals surface area contributed by atoms with E-state index in [-0.39, 0.29) is 18.4 Å². The fourth-order valence-corrected chi connectivity index (χ4v) is 3.55. The van der Waals surface area contributed by atoms with Crippen molar-refractivity contribution in [3.05, 3.63) is 5.82 Å². The first-order chi connectivity index (χ1) is 10.6. The smallest absolute Gasteiger partial charge is 0.225 e. The van der Waals surface area contributed by atoms with E-state index in [0.717, 1.165) is 17.4 Å². The standard InChI is InChI=1S/C14H21FN4O2S/c1-10-17-13(22-18-10)19-5-3-14(15,4-6-19)9-16-12(20)11-2-7-21-8-11/h11H,2-9H2,1H3,(H,16,20). The van der Waals surface area contributed by atoms with Gasteiger partial charge in [-0.15, -0.1) is 0 Å². The molecule has 1 atom stereocenters. The first kappa shape index (κ1) is 15.6. The van der Waals surface area contributed by atoms with Crippen molar-refractivity contribution in [1.29, 1.82) is 0 Å². The van der Waals surface area contributed by atoms with Gasteiger partial charge in [0.1, 0.15) is 11.5 Å². The fourth-order valence-electron chi connectivity index (χ4n) is 2.82. The average Bonchev–Trinajstić information content (AvgIpc) is 3.17. The highest BCUT2D eigenvalue weighted by Crippen LogP contribution is 2.30. The molecule has 2 saturated heterocycles. The van der Waals surface area contributed by atoms with E-state index in [1.165, 1.54) is 11.5 Å². The van der Waals surface area contributed by atoms with E-state index in [4.69, 9.17) is 4.74 Å². The molecule has 122 valence electrons. The van der Waals surface area contributed by atoms with Crippen LogP contribution >= 0.6 is 11.5 Å². The number of amides is 1. The number of nitrogens with one attached hydrogen (secondary N) is 1. The number of halogens is 1. The van der Waals surface area contributed by atoms with Crippen LogP contribution in [-0.2, 0) is 9.53 Å². The van der Waals surface area contributed by atoms with Gasteiger partial charge in [-0.25, -0.2) is 9.37 Å². The molecule has 22 heavy (non-hydrogen) atoms. The normalized spacial score (nSPS) is 24.5. The molecule has 1 aromatic heterocycles. The van der Waals surface area contributed by atoms with Crippen LogP contribution in [0.25, 0.3) is 0 Å². The number of ether oxygens (including phenoxy) is 1. The predicted molar refractivity (Wildman–Crippen MR) is 81.9 cm³/mol. The third-order valence-electron chi connectivity index (χ3n) is 4.33. The van der Waals surface area contributed by atoms with Gasteiger partial charge in [0.05, 0.1) is 19.1 Å². The van der Waals surface area contributed by atoms with Crippen molar-refractivity contribution in [2.75, 3.05) is 37.7 Å². The molecular formula is C14H21FN4O2S. The molecule has 0 bridgehead atoms. The van der Waals surface area contributed by atoms with Crippen LogP contribution in [-0.4, -0.2) is 53.8 Å². The Morgan fingerprint density at radius 1 is 1.55 bits per heavy atom. The van der Waals surface area contributed by atoms with Crippen LogP contribution in [0.1, 0.15) is 25.1 Å². The Hall–Kier alpha value is -1.28. The Kier molecular flexibility index (Phi) is 4.58. The number of aryl methyl sites for hydroxylation is 1. The molecule has 0 spiro atoms. The van der Waals surface area contributed by atoms with Crippen LogP contribution in [0.5, 0.6) is 0 Å². The zero-order valence-electron chi connectivity index (χ0n) is 12.7. The highest BCUT2D eigenvalue weighted by atomic mass is 32.1. The molecular weight excluding hydrogens is 307 g/mol. The molecule has 0 radical (unpaired) electrons. The average molecular weight is 328 g/mol. The molecule has 0 aliphatic carbocycles. The quantitative estimate of drug-likeness (QED) is 0.902. The molecule has 6 nitrogen and oxygen atoms in total. The highest BCUT2D eigenvalue weighted by Gasteiger charge is 2.36. The largest absolute Gasteiger partial charge is 0.381 e. The number of hydrogen-bond donors (Lipinski definition) is 1. The number of alkyl halides is 1. The lowest BCUT2D eigenvalue weighted by Crippen LogP contribution is -2.49. The highest BCUT2D eigenvalue weighted by molar-refractivity contribution is 7.09. The number of aromatic nitrogens is 2. The number of piperidine rings is 1. The first-order valence-corrected chi connectivity index (χ1v) is 8.43. The van der Waals surface area contributed by atoms with Crippen molar-refractivity contribution in [2.24, 2.45) is 5.92 Å². The second kappa shape index (κ2) is 6.45. The molecule has 3 heterocycles. The van der Waals surface area contributed by atoms with Gasteiger partial charge in [0.25, 0.3) is 0 Å². The van der Waals surface area contributed by atoms with Crippen LogP contribution in [0, 0.1) is 12.8 Å². The van der Waals surface area contributed by atoms with Crippen LogP contribution in [0.15, 0.2) is 0 Å². The van der Waals surface area contributed by atoms with Crippen molar-refractivity contribution in [3.8, 4) is 0 Å². The van der Waals surface area contributed by atoms with Gasteiger partial charge in [0, 0.05) is 44.1 Å². The second-order valence-electron chi connectivity index (χ2n) is 6.04. The SMILES string of the molecule is Cc1nsc(N2CCC(F)(CNC(=O)C3CCOC3)CC2)n1. The summed E-state index contributed by atoms with van der Waals surface area (Å²) in [5.41, 5.74) is -1.33. The third kappa shape index (κ3) is 3.55. The summed E-state index contributed by atoms with van der Waals surface area (Å²) >= 11 is 1.35. The molecule has 2 aliphatic heterocycles. The van der Waals surface area contributed by atoms with Gasteiger partial charge < -0.3 is 15.0 Å². The Labute approximate surface area is 133 Å². The first-order valence-electron chi connectivity index (χ1n) is 7.65. The molecule has 3 rings (SSSR count). The third-order valence-corrected chi connectivity index (χ3v) is 5.20. The van der Waals surface area contributed by atoms with E-state index in [1.54, 1.807) is 0 Å². The second-order valence-corrected chi connectivity index (χ2v) is 6.77. The van der Waals surface area contributed by atoms with Gasteiger partial charge >= 0.3 is 0 Å². The lowest BCUT2D eigenvalue weighted by atomic mass is 9.93. The Balaban J connectivity index is 1.47. The summed E-state index contributed by atoms with van der Waals surface area (Å²) in [6, 6.07) is 0. The van der Waals surface area contributed by atoms with E-state index < -0.39 is 5.67 Å². The molecule has 1 unspecified atom stereocenters. The van der Waals surface area contributed by atoms with Gasteiger partial charge in [-0.2, -0.15) is 4.37 Å². The minimum atomic E-state index is -1.33. The Morgan fingerprint density at radius 3 is 2.91 bits per heavy atom. The van der Waals surface area contributed by atoms with Crippen LogP contribution in [0.2, 0.25) is 0 Å². The molecule has 1 N–H and O–H groups in total. The molecule has 8 heteroatoms. The Morgan fingerprint density at radius 2 is 2.32 bits per heavy atom. The van der Waals surface area contributed by atoms with E-state index in [9.17, 15) is 9.18 Å². The van der Waals surface area contributed by atoms with E-state index in [1.807, 2.05) is 6.92 Å². The van der Waals surface area contributed by atoms with Gasteiger partial charge in [0.2, 0.25) is 11.0 Å². The lowest BCUT2D eigenvalue weighted by Gasteiger charge is -2.36. The topological polar surface area (TPSA) is 67.4 Å². The van der Waals surface area contributed by atoms with Crippen molar-refractivity contribution in [1.82, 2.24) is 14.7 Å². The summed E-state index contributed by atoms with van der Waals surface area (Å²) < 4.78 is 24.2. The van der Waals surface area contributed by atoms with Gasteiger partial charge in [-0.3, -0.25) is 4.79 Å². The minimum absolute atomic E-state index is 0.0864. The van der Waals surface area contributed by atoms with Crippen LogP contribution in [0.3, 0.4) is 0 Å². The molecule has 0 saturated carbocycles. The summed E-state index contributed by atoms with van der Waals surface area (Å²) in [5, 5.41) is 3.61.